The molecule has 23 heavy (non-hydrogen) atoms. The standard InChI is InChI=1S/C18H13N3O2/c1-12-11-16(23-20-12)21-17(13-7-3-2-4-8-13)19-15-10-6-5-9-14(15)18(21)22/h2-11H,1H3. The van der Waals surface area contributed by atoms with Crippen molar-refractivity contribution in [3.8, 4) is 17.3 Å². The van der Waals surface area contributed by atoms with Crippen molar-refractivity contribution in [1.29, 1.82) is 0 Å². The van der Waals surface area contributed by atoms with Gasteiger partial charge in [-0.3, -0.25) is 4.79 Å². The van der Waals surface area contributed by atoms with Crippen molar-refractivity contribution in [3.63, 3.8) is 0 Å². The van der Waals surface area contributed by atoms with Crippen LogP contribution in [0.3, 0.4) is 0 Å². The molecular formula is C18H13N3O2. The molecule has 0 aliphatic rings. The van der Waals surface area contributed by atoms with Crippen molar-refractivity contribution in [2.75, 3.05) is 0 Å². The highest BCUT2D eigenvalue weighted by Gasteiger charge is 2.16. The molecule has 2 aromatic carbocycles. The summed E-state index contributed by atoms with van der Waals surface area (Å²) in [4.78, 5) is 17.6. The number of fused-ring (bicyclic) bond motifs is 1. The minimum absolute atomic E-state index is 0.175. The first-order valence-electron chi connectivity index (χ1n) is 7.25. The van der Waals surface area contributed by atoms with E-state index in [1.54, 1.807) is 12.1 Å². The van der Waals surface area contributed by atoms with Crippen molar-refractivity contribution in [2.24, 2.45) is 0 Å². The highest BCUT2D eigenvalue weighted by molar-refractivity contribution is 5.80. The molecule has 0 aliphatic heterocycles. The van der Waals surface area contributed by atoms with Gasteiger partial charge in [-0.1, -0.05) is 47.6 Å². The van der Waals surface area contributed by atoms with E-state index in [4.69, 9.17) is 4.52 Å². The van der Waals surface area contributed by atoms with Crippen LogP contribution in [0.1, 0.15) is 5.69 Å². The highest BCUT2D eigenvalue weighted by atomic mass is 16.5. The van der Waals surface area contributed by atoms with Gasteiger partial charge < -0.3 is 4.52 Å². The lowest BCUT2D eigenvalue weighted by molar-refractivity contribution is 0.400. The van der Waals surface area contributed by atoms with Gasteiger partial charge in [0, 0.05) is 11.6 Å². The van der Waals surface area contributed by atoms with Gasteiger partial charge in [0.15, 0.2) is 5.82 Å². The smallest absolute Gasteiger partial charge is 0.268 e. The normalized spacial score (nSPS) is 11.0. The second kappa shape index (κ2) is 5.21. The predicted molar refractivity (Wildman–Crippen MR) is 87.6 cm³/mol. The zero-order valence-electron chi connectivity index (χ0n) is 12.4. The van der Waals surface area contributed by atoms with Gasteiger partial charge in [-0.15, -0.1) is 0 Å². The van der Waals surface area contributed by atoms with Crippen molar-refractivity contribution >= 4 is 10.9 Å². The van der Waals surface area contributed by atoms with E-state index in [0.717, 1.165) is 5.56 Å². The lowest BCUT2D eigenvalue weighted by atomic mass is 10.2. The van der Waals surface area contributed by atoms with Gasteiger partial charge >= 0.3 is 0 Å². The molecule has 5 nitrogen and oxygen atoms in total. The fraction of sp³-hybridized carbons (Fsp3) is 0.0556. The fourth-order valence-electron chi connectivity index (χ4n) is 2.57. The molecule has 0 saturated carbocycles. The average molecular weight is 303 g/mol. The van der Waals surface area contributed by atoms with E-state index in [9.17, 15) is 4.79 Å². The minimum atomic E-state index is -0.175. The molecule has 5 heteroatoms. The molecule has 0 unspecified atom stereocenters. The number of para-hydroxylation sites is 1. The van der Waals surface area contributed by atoms with E-state index >= 15 is 0 Å². The van der Waals surface area contributed by atoms with Crippen molar-refractivity contribution in [1.82, 2.24) is 14.7 Å². The van der Waals surface area contributed by atoms with Crippen LogP contribution in [-0.4, -0.2) is 14.7 Å². The van der Waals surface area contributed by atoms with Crippen LogP contribution < -0.4 is 5.56 Å². The van der Waals surface area contributed by atoms with Gasteiger partial charge in [-0.25, -0.2) is 9.55 Å². The summed E-state index contributed by atoms with van der Waals surface area (Å²) in [5, 5.41) is 4.43. The van der Waals surface area contributed by atoms with E-state index < -0.39 is 0 Å². The first kappa shape index (κ1) is 13.5. The molecule has 0 amide bonds. The van der Waals surface area contributed by atoms with Crippen LogP contribution in [0.15, 0.2) is 70.0 Å². The summed E-state index contributed by atoms with van der Waals surface area (Å²) >= 11 is 0. The van der Waals surface area contributed by atoms with Crippen LogP contribution in [0.5, 0.6) is 0 Å². The van der Waals surface area contributed by atoms with Crippen LogP contribution in [-0.2, 0) is 0 Å². The second-order valence-electron chi connectivity index (χ2n) is 5.27. The Morgan fingerprint density at radius 2 is 1.74 bits per heavy atom. The van der Waals surface area contributed by atoms with E-state index in [1.807, 2.05) is 55.5 Å². The Bertz CT molecular complexity index is 1050. The Morgan fingerprint density at radius 1 is 1.00 bits per heavy atom. The maximum absolute atomic E-state index is 13.0. The van der Waals surface area contributed by atoms with E-state index in [2.05, 4.69) is 10.1 Å². The maximum Gasteiger partial charge on any atom is 0.268 e. The Hall–Kier alpha value is -3.21. The van der Waals surface area contributed by atoms with Crippen LogP contribution in [0.4, 0.5) is 0 Å². The third-order valence-corrected chi connectivity index (χ3v) is 3.64. The second-order valence-corrected chi connectivity index (χ2v) is 5.27. The number of hydrogen-bond donors (Lipinski definition) is 0. The van der Waals surface area contributed by atoms with Crippen molar-refractivity contribution < 1.29 is 4.52 Å². The Kier molecular flexibility index (Phi) is 3.05. The third-order valence-electron chi connectivity index (χ3n) is 3.64. The summed E-state index contributed by atoms with van der Waals surface area (Å²) in [7, 11) is 0. The number of nitrogens with zero attached hydrogens (tertiary/aromatic N) is 3. The number of rotatable bonds is 2. The summed E-state index contributed by atoms with van der Waals surface area (Å²) in [6.45, 7) is 1.81. The SMILES string of the molecule is Cc1cc(-n2c(-c3ccccc3)nc3ccccc3c2=O)on1. The molecule has 112 valence electrons. The van der Waals surface area contributed by atoms with Crippen LogP contribution in [0.2, 0.25) is 0 Å². The number of aryl methyl sites for hydroxylation is 1. The van der Waals surface area contributed by atoms with Gasteiger partial charge in [0.1, 0.15) is 0 Å². The van der Waals surface area contributed by atoms with Gasteiger partial charge in [0.2, 0.25) is 5.88 Å². The molecule has 0 fully saturated rings. The van der Waals surface area contributed by atoms with Gasteiger partial charge in [0.05, 0.1) is 16.6 Å². The van der Waals surface area contributed by atoms with Crippen LogP contribution in [0, 0.1) is 6.92 Å². The molecule has 0 N–H and O–H groups in total. The Labute approximate surface area is 131 Å². The first-order valence-corrected chi connectivity index (χ1v) is 7.25. The zero-order valence-corrected chi connectivity index (χ0v) is 12.4. The molecule has 4 rings (SSSR count). The molecular weight excluding hydrogens is 290 g/mol. The largest absolute Gasteiger partial charge is 0.338 e. The molecule has 0 spiro atoms. The fourth-order valence-corrected chi connectivity index (χ4v) is 2.57. The van der Waals surface area contributed by atoms with Crippen molar-refractivity contribution in [2.45, 2.75) is 6.92 Å². The topological polar surface area (TPSA) is 60.9 Å². The van der Waals surface area contributed by atoms with E-state index in [-0.39, 0.29) is 5.56 Å². The number of aromatic nitrogens is 3. The van der Waals surface area contributed by atoms with Gasteiger partial charge in [-0.2, -0.15) is 0 Å². The third kappa shape index (κ3) is 2.23. The molecule has 0 radical (unpaired) electrons. The Balaban J connectivity index is 2.13. The predicted octanol–water partition coefficient (Wildman–Crippen LogP) is 3.35. The molecule has 0 bridgehead atoms. The van der Waals surface area contributed by atoms with Crippen molar-refractivity contribution in [3.05, 3.63) is 76.7 Å². The van der Waals surface area contributed by atoms with Crippen LogP contribution >= 0.6 is 0 Å². The molecule has 4 aromatic rings. The molecule has 2 aromatic heterocycles. The lowest BCUT2D eigenvalue weighted by Gasteiger charge is -2.10. The average Bonchev–Trinajstić information content (AvgIpc) is 3.01. The summed E-state index contributed by atoms with van der Waals surface area (Å²) in [5.41, 5.74) is 2.03. The molecule has 2 heterocycles. The Morgan fingerprint density at radius 3 is 2.48 bits per heavy atom. The monoisotopic (exact) mass is 303 g/mol. The summed E-state index contributed by atoms with van der Waals surface area (Å²) in [6, 6.07) is 18.6. The maximum atomic E-state index is 13.0. The summed E-state index contributed by atoms with van der Waals surface area (Å²) in [5.74, 6) is 0.898. The molecule has 0 saturated heterocycles. The lowest BCUT2D eigenvalue weighted by Crippen LogP contribution is -2.21. The number of hydrogen-bond acceptors (Lipinski definition) is 4. The molecule has 0 aliphatic carbocycles. The summed E-state index contributed by atoms with van der Waals surface area (Å²) < 4.78 is 6.79. The van der Waals surface area contributed by atoms with Gasteiger partial charge in [-0.05, 0) is 19.1 Å². The van der Waals surface area contributed by atoms with Crippen LogP contribution in [0.25, 0.3) is 28.2 Å². The quantitative estimate of drug-likeness (QED) is 0.570. The zero-order chi connectivity index (χ0) is 15.8. The first-order chi connectivity index (χ1) is 11.2. The molecule has 0 atom stereocenters. The van der Waals surface area contributed by atoms with E-state index in [1.165, 1.54) is 4.57 Å². The van der Waals surface area contributed by atoms with E-state index in [0.29, 0.717) is 28.3 Å². The highest BCUT2D eigenvalue weighted by Crippen LogP contribution is 2.22. The minimum Gasteiger partial charge on any atom is -0.338 e. The number of benzene rings is 2. The van der Waals surface area contributed by atoms with Gasteiger partial charge in [0.25, 0.3) is 5.56 Å². The summed E-state index contributed by atoms with van der Waals surface area (Å²) in [6.07, 6.45) is 0.